The van der Waals surface area contributed by atoms with Crippen LogP contribution in [0.5, 0.6) is 0 Å². The highest BCUT2D eigenvalue weighted by atomic mass is 19.1. The van der Waals surface area contributed by atoms with Gasteiger partial charge in [0.2, 0.25) is 0 Å². The van der Waals surface area contributed by atoms with Gasteiger partial charge in [-0.3, -0.25) is 10.1 Å². The molecule has 0 bridgehead atoms. The molecule has 8 heteroatoms. The molecule has 0 spiro atoms. The fourth-order valence-electron chi connectivity index (χ4n) is 2.70. The molecule has 0 aromatic heterocycles. The van der Waals surface area contributed by atoms with Gasteiger partial charge in [-0.15, -0.1) is 0 Å². The molecule has 2 rings (SSSR count). The average molecular weight is 385 g/mol. The molecule has 0 fully saturated rings. The van der Waals surface area contributed by atoms with E-state index < -0.39 is 34.4 Å². The summed E-state index contributed by atoms with van der Waals surface area (Å²) in [6.07, 6.45) is -0.791. The summed E-state index contributed by atoms with van der Waals surface area (Å²) in [5.74, 6) is -1.58. The normalized spacial score (nSPS) is 13.1. The van der Waals surface area contributed by atoms with Gasteiger partial charge in [-0.05, 0) is 38.5 Å². The molecule has 0 saturated carbocycles. The van der Waals surface area contributed by atoms with Gasteiger partial charge in [0, 0.05) is 11.6 Å². The number of hydrogen-bond acceptors (Lipinski definition) is 5. The van der Waals surface area contributed by atoms with Crippen molar-refractivity contribution in [3.05, 3.63) is 75.6 Å². The van der Waals surface area contributed by atoms with E-state index in [-0.39, 0.29) is 11.3 Å². The maximum Gasteiger partial charge on any atom is 0.408 e. The quantitative estimate of drug-likeness (QED) is 0.598. The van der Waals surface area contributed by atoms with Crippen LogP contribution in [0.2, 0.25) is 0 Å². The zero-order valence-corrected chi connectivity index (χ0v) is 15.7. The summed E-state index contributed by atoms with van der Waals surface area (Å²) in [4.78, 5) is 23.1. The molecule has 0 saturated heterocycles. The lowest BCUT2D eigenvalue weighted by Gasteiger charge is -2.26. The van der Waals surface area contributed by atoms with Gasteiger partial charge >= 0.3 is 6.09 Å². The number of rotatable bonds is 5. The number of halogens is 1. The number of nitro groups is 1. The summed E-state index contributed by atoms with van der Waals surface area (Å²) in [5.41, 5.74) is -0.470. The first-order chi connectivity index (χ1) is 13.1. The van der Waals surface area contributed by atoms with E-state index in [4.69, 9.17) is 4.74 Å². The van der Waals surface area contributed by atoms with Crippen LogP contribution in [0.15, 0.2) is 48.5 Å². The fraction of sp³-hybridized carbons (Fsp3) is 0.300. The molecule has 1 amide bonds. The predicted octanol–water partition coefficient (Wildman–Crippen LogP) is 4.61. The Labute approximate surface area is 161 Å². The molecule has 0 radical (unpaired) electrons. The van der Waals surface area contributed by atoms with Crippen molar-refractivity contribution in [2.45, 2.75) is 38.3 Å². The SMILES string of the molecule is CC(C)(C)OC(=O)N[C@H](c1ccc(F)cc1)[C@H](C#N)c1ccccc1[N+](=O)[O-]. The Kier molecular flexibility index (Phi) is 6.31. The van der Waals surface area contributed by atoms with Crippen molar-refractivity contribution in [2.24, 2.45) is 0 Å². The molecule has 0 aliphatic heterocycles. The van der Waals surface area contributed by atoms with Crippen LogP contribution in [0.25, 0.3) is 0 Å². The van der Waals surface area contributed by atoms with E-state index in [2.05, 4.69) is 5.32 Å². The van der Waals surface area contributed by atoms with Gasteiger partial charge < -0.3 is 10.1 Å². The van der Waals surface area contributed by atoms with Crippen LogP contribution in [0.4, 0.5) is 14.9 Å². The number of carbonyl (C=O) groups is 1. The summed E-state index contributed by atoms with van der Waals surface area (Å²) in [6, 6.07) is 12.0. The standard InChI is InChI=1S/C20H20FN3O4/c1-20(2,3)28-19(25)23-18(13-8-10-14(21)11-9-13)16(12-22)15-6-4-5-7-17(15)24(26)27/h4-11,16,18H,1-3H3,(H,23,25)/t16-,18-/m1/s1. The Morgan fingerprint density at radius 1 is 1.21 bits per heavy atom. The van der Waals surface area contributed by atoms with Crippen molar-refractivity contribution in [3.63, 3.8) is 0 Å². The summed E-state index contributed by atoms with van der Waals surface area (Å²) in [6.45, 7) is 5.05. The second-order valence-electron chi connectivity index (χ2n) is 7.10. The van der Waals surface area contributed by atoms with Crippen molar-refractivity contribution in [3.8, 4) is 6.07 Å². The van der Waals surface area contributed by atoms with Gasteiger partial charge in [0.05, 0.1) is 17.0 Å². The van der Waals surface area contributed by atoms with Crippen LogP contribution in [0.3, 0.4) is 0 Å². The third kappa shape index (κ3) is 5.27. The Morgan fingerprint density at radius 2 is 1.82 bits per heavy atom. The lowest BCUT2D eigenvalue weighted by atomic mass is 9.87. The number of alkyl carbamates (subject to hydrolysis) is 1. The molecule has 2 aromatic carbocycles. The molecule has 2 atom stereocenters. The van der Waals surface area contributed by atoms with Crippen LogP contribution < -0.4 is 5.32 Å². The molecular formula is C20H20FN3O4. The van der Waals surface area contributed by atoms with Gasteiger partial charge in [-0.2, -0.15) is 5.26 Å². The van der Waals surface area contributed by atoms with E-state index in [1.54, 1.807) is 26.8 Å². The van der Waals surface area contributed by atoms with E-state index in [9.17, 15) is 24.6 Å². The van der Waals surface area contributed by atoms with E-state index in [0.29, 0.717) is 5.56 Å². The highest BCUT2D eigenvalue weighted by molar-refractivity contribution is 5.69. The van der Waals surface area contributed by atoms with Gasteiger partial charge in [0.15, 0.2) is 0 Å². The number of para-hydroxylation sites is 1. The van der Waals surface area contributed by atoms with Crippen LogP contribution in [-0.4, -0.2) is 16.6 Å². The van der Waals surface area contributed by atoms with Gasteiger partial charge in [-0.25, -0.2) is 9.18 Å². The van der Waals surface area contributed by atoms with Crippen LogP contribution >= 0.6 is 0 Å². The molecule has 0 heterocycles. The lowest BCUT2D eigenvalue weighted by Crippen LogP contribution is -2.37. The van der Waals surface area contributed by atoms with Gasteiger partial charge in [0.25, 0.3) is 5.69 Å². The fourth-order valence-corrected chi connectivity index (χ4v) is 2.70. The molecule has 146 valence electrons. The topological polar surface area (TPSA) is 105 Å². The first-order valence-electron chi connectivity index (χ1n) is 8.50. The number of nitriles is 1. The van der Waals surface area contributed by atoms with Crippen molar-refractivity contribution in [2.75, 3.05) is 0 Å². The van der Waals surface area contributed by atoms with Crippen LogP contribution in [0.1, 0.15) is 43.9 Å². The lowest BCUT2D eigenvalue weighted by molar-refractivity contribution is -0.385. The summed E-state index contributed by atoms with van der Waals surface area (Å²) in [5, 5.41) is 23.8. The van der Waals surface area contributed by atoms with Crippen LogP contribution in [-0.2, 0) is 4.74 Å². The number of hydrogen-bond donors (Lipinski definition) is 1. The number of nitrogens with one attached hydrogen (secondary N) is 1. The largest absolute Gasteiger partial charge is 0.444 e. The Morgan fingerprint density at radius 3 is 2.36 bits per heavy atom. The Hall–Kier alpha value is -3.47. The van der Waals surface area contributed by atoms with E-state index >= 15 is 0 Å². The summed E-state index contributed by atoms with van der Waals surface area (Å²) in [7, 11) is 0. The minimum absolute atomic E-state index is 0.139. The van der Waals surface area contributed by atoms with Crippen molar-refractivity contribution in [1.29, 1.82) is 5.26 Å². The third-order valence-corrected chi connectivity index (χ3v) is 3.84. The summed E-state index contributed by atoms with van der Waals surface area (Å²) >= 11 is 0. The van der Waals surface area contributed by atoms with Gasteiger partial charge in [-0.1, -0.05) is 30.3 Å². The summed E-state index contributed by atoms with van der Waals surface area (Å²) < 4.78 is 18.6. The minimum atomic E-state index is -1.10. The molecule has 0 aliphatic carbocycles. The number of ether oxygens (including phenoxy) is 1. The molecule has 28 heavy (non-hydrogen) atoms. The highest BCUT2D eigenvalue weighted by Gasteiger charge is 2.32. The predicted molar refractivity (Wildman–Crippen MR) is 100.0 cm³/mol. The second-order valence-corrected chi connectivity index (χ2v) is 7.10. The van der Waals surface area contributed by atoms with E-state index in [1.165, 1.54) is 42.5 Å². The first-order valence-corrected chi connectivity index (χ1v) is 8.50. The number of nitro benzene ring substituents is 1. The zero-order chi connectivity index (χ0) is 20.9. The highest BCUT2D eigenvalue weighted by Crippen LogP contribution is 2.36. The van der Waals surface area contributed by atoms with E-state index in [1.807, 2.05) is 6.07 Å². The molecule has 7 nitrogen and oxygen atoms in total. The zero-order valence-electron chi connectivity index (χ0n) is 15.7. The van der Waals surface area contributed by atoms with Crippen molar-refractivity contribution in [1.82, 2.24) is 5.32 Å². The number of benzene rings is 2. The number of nitrogens with zero attached hydrogens (tertiary/aromatic N) is 2. The number of carbonyl (C=O) groups excluding carboxylic acids is 1. The monoisotopic (exact) mass is 385 g/mol. The van der Waals surface area contributed by atoms with Crippen molar-refractivity contribution >= 4 is 11.8 Å². The molecule has 2 aromatic rings. The third-order valence-electron chi connectivity index (χ3n) is 3.84. The van der Waals surface area contributed by atoms with Crippen LogP contribution in [0, 0.1) is 27.3 Å². The van der Waals surface area contributed by atoms with E-state index in [0.717, 1.165) is 0 Å². The minimum Gasteiger partial charge on any atom is -0.444 e. The molecule has 0 aliphatic rings. The second kappa shape index (κ2) is 8.48. The Balaban J connectivity index is 2.50. The Bertz CT molecular complexity index is 901. The van der Waals surface area contributed by atoms with Crippen molar-refractivity contribution < 1.29 is 18.8 Å². The molecule has 0 unspecified atom stereocenters. The van der Waals surface area contributed by atoms with Gasteiger partial charge in [0.1, 0.15) is 17.3 Å². The average Bonchev–Trinajstić information content (AvgIpc) is 2.61. The maximum atomic E-state index is 13.3. The maximum absolute atomic E-state index is 13.3. The number of amides is 1. The molecule has 1 N–H and O–H groups in total. The molecular weight excluding hydrogens is 365 g/mol. The smallest absolute Gasteiger partial charge is 0.408 e. The first kappa shape index (κ1) is 20.8.